The average Bonchev–Trinajstić information content (AvgIpc) is 2.61. The predicted octanol–water partition coefficient (Wildman–Crippen LogP) is 3.39. The fourth-order valence-electron chi connectivity index (χ4n) is 1.42. The smallest absolute Gasteiger partial charge is 0.129 e. The van der Waals surface area contributed by atoms with Gasteiger partial charge in [0.2, 0.25) is 0 Å². The maximum absolute atomic E-state index is 10.4. The van der Waals surface area contributed by atoms with Gasteiger partial charge in [-0.05, 0) is 23.7 Å². The average molecular weight is 186 g/mol. The molecule has 1 N–H and O–H groups in total. The molecule has 0 aliphatic rings. The topological polar surface area (TPSA) is 45.2 Å². The standard InChI is InChI=1S/C11H10N2O/c1-8-10(13-14)7-11(12-8)9-5-3-2-4-6-9/h2-7,12H,1H3. The molecule has 2 rings (SSSR count). The van der Waals surface area contributed by atoms with Crippen LogP contribution < -0.4 is 0 Å². The summed E-state index contributed by atoms with van der Waals surface area (Å²) in [7, 11) is 0. The SMILES string of the molecule is Cc1[nH]c(-c2ccccc2)cc1N=O. The van der Waals surface area contributed by atoms with E-state index < -0.39 is 0 Å². The Morgan fingerprint density at radius 1 is 1.21 bits per heavy atom. The van der Waals surface area contributed by atoms with Crippen molar-refractivity contribution in [1.29, 1.82) is 0 Å². The second-order valence-electron chi connectivity index (χ2n) is 3.15. The van der Waals surface area contributed by atoms with Crippen LogP contribution in [0.1, 0.15) is 5.69 Å². The van der Waals surface area contributed by atoms with Crippen LogP contribution in [0.4, 0.5) is 5.69 Å². The highest BCUT2D eigenvalue weighted by Crippen LogP contribution is 2.26. The lowest BCUT2D eigenvalue weighted by molar-refractivity contribution is 1.25. The van der Waals surface area contributed by atoms with Crippen molar-refractivity contribution in [3.05, 3.63) is 47.0 Å². The molecule has 0 aliphatic heterocycles. The molecular weight excluding hydrogens is 176 g/mol. The molecule has 1 aromatic heterocycles. The van der Waals surface area contributed by atoms with Gasteiger partial charge in [0.25, 0.3) is 0 Å². The first-order valence-electron chi connectivity index (χ1n) is 4.39. The predicted molar refractivity (Wildman–Crippen MR) is 56.4 cm³/mol. The van der Waals surface area contributed by atoms with Gasteiger partial charge >= 0.3 is 0 Å². The molecule has 0 atom stereocenters. The van der Waals surface area contributed by atoms with Gasteiger partial charge in [-0.25, -0.2) is 0 Å². The van der Waals surface area contributed by atoms with E-state index in [2.05, 4.69) is 10.2 Å². The Morgan fingerprint density at radius 3 is 2.50 bits per heavy atom. The Balaban J connectivity index is 2.48. The van der Waals surface area contributed by atoms with Gasteiger partial charge in [-0.1, -0.05) is 30.3 Å². The van der Waals surface area contributed by atoms with E-state index in [1.165, 1.54) is 0 Å². The zero-order valence-corrected chi connectivity index (χ0v) is 7.82. The van der Waals surface area contributed by atoms with Crippen molar-refractivity contribution in [1.82, 2.24) is 4.98 Å². The molecule has 1 aromatic carbocycles. The molecule has 0 fully saturated rings. The summed E-state index contributed by atoms with van der Waals surface area (Å²) < 4.78 is 0. The third-order valence-electron chi connectivity index (χ3n) is 2.17. The lowest BCUT2D eigenvalue weighted by atomic mass is 10.2. The summed E-state index contributed by atoms with van der Waals surface area (Å²) in [5, 5.41) is 2.94. The van der Waals surface area contributed by atoms with Crippen LogP contribution in [0.25, 0.3) is 11.3 Å². The number of aromatic amines is 1. The van der Waals surface area contributed by atoms with Gasteiger partial charge in [0, 0.05) is 11.4 Å². The molecular formula is C11H10N2O. The highest BCUT2D eigenvalue weighted by Gasteiger charge is 2.05. The molecule has 14 heavy (non-hydrogen) atoms. The van der Waals surface area contributed by atoms with Crippen molar-refractivity contribution in [3.63, 3.8) is 0 Å². The largest absolute Gasteiger partial charge is 0.357 e. The van der Waals surface area contributed by atoms with E-state index in [0.29, 0.717) is 5.69 Å². The van der Waals surface area contributed by atoms with Gasteiger partial charge < -0.3 is 4.98 Å². The molecule has 0 unspecified atom stereocenters. The number of nitroso groups, excluding NO2 is 1. The number of benzene rings is 1. The molecule has 0 radical (unpaired) electrons. The lowest BCUT2D eigenvalue weighted by Gasteiger charge is -1.95. The Labute approximate surface area is 81.8 Å². The van der Waals surface area contributed by atoms with Crippen molar-refractivity contribution >= 4 is 5.69 Å². The fourth-order valence-corrected chi connectivity index (χ4v) is 1.42. The van der Waals surface area contributed by atoms with Crippen molar-refractivity contribution in [3.8, 4) is 11.3 Å². The van der Waals surface area contributed by atoms with Gasteiger partial charge in [0.15, 0.2) is 0 Å². The Hall–Kier alpha value is -1.90. The van der Waals surface area contributed by atoms with E-state index in [0.717, 1.165) is 17.0 Å². The number of H-pyrrole nitrogens is 1. The zero-order valence-electron chi connectivity index (χ0n) is 7.82. The number of rotatable bonds is 2. The van der Waals surface area contributed by atoms with Gasteiger partial charge in [0.05, 0.1) is 0 Å². The van der Waals surface area contributed by atoms with E-state index in [1.807, 2.05) is 37.3 Å². The minimum atomic E-state index is 0.476. The number of aryl methyl sites for hydroxylation is 1. The Bertz CT molecular complexity index is 446. The van der Waals surface area contributed by atoms with Crippen LogP contribution in [0.15, 0.2) is 41.6 Å². The minimum Gasteiger partial charge on any atom is -0.357 e. The molecule has 0 saturated carbocycles. The van der Waals surface area contributed by atoms with E-state index in [4.69, 9.17) is 0 Å². The number of hydrogen-bond acceptors (Lipinski definition) is 2. The molecule has 3 heteroatoms. The second-order valence-corrected chi connectivity index (χ2v) is 3.15. The summed E-state index contributed by atoms with van der Waals surface area (Å²) in [4.78, 5) is 13.5. The molecule has 0 aliphatic carbocycles. The Kier molecular flexibility index (Phi) is 2.14. The maximum atomic E-state index is 10.4. The molecule has 0 amide bonds. The highest BCUT2D eigenvalue weighted by molar-refractivity contribution is 5.65. The normalized spacial score (nSPS) is 10.1. The maximum Gasteiger partial charge on any atom is 0.129 e. The number of aromatic nitrogens is 1. The number of nitrogens with one attached hydrogen (secondary N) is 1. The van der Waals surface area contributed by atoms with E-state index in [1.54, 1.807) is 6.07 Å². The first-order valence-corrected chi connectivity index (χ1v) is 4.39. The summed E-state index contributed by atoms with van der Waals surface area (Å²) >= 11 is 0. The van der Waals surface area contributed by atoms with Gasteiger partial charge in [-0.3, -0.25) is 0 Å². The van der Waals surface area contributed by atoms with Crippen molar-refractivity contribution < 1.29 is 0 Å². The van der Waals surface area contributed by atoms with Gasteiger partial charge in [0.1, 0.15) is 5.69 Å². The zero-order chi connectivity index (χ0) is 9.97. The molecule has 0 saturated heterocycles. The summed E-state index contributed by atoms with van der Waals surface area (Å²) in [5.41, 5.74) is 3.27. The number of nitrogens with zero attached hydrogens (tertiary/aromatic N) is 1. The molecule has 3 nitrogen and oxygen atoms in total. The van der Waals surface area contributed by atoms with Crippen LogP contribution in [0.3, 0.4) is 0 Å². The van der Waals surface area contributed by atoms with Crippen molar-refractivity contribution in [2.45, 2.75) is 6.92 Å². The van der Waals surface area contributed by atoms with E-state index in [-0.39, 0.29) is 0 Å². The van der Waals surface area contributed by atoms with E-state index in [9.17, 15) is 4.91 Å². The van der Waals surface area contributed by atoms with Crippen LogP contribution >= 0.6 is 0 Å². The summed E-state index contributed by atoms with van der Waals surface area (Å²) in [5.74, 6) is 0. The summed E-state index contributed by atoms with van der Waals surface area (Å²) in [6.07, 6.45) is 0. The fraction of sp³-hybridized carbons (Fsp3) is 0.0909. The lowest BCUT2D eigenvalue weighted by Crippen LogP contribution is -1.75. The molecule has 2 aromatic rings. The third kappa shape index (κ3) is 1.44. The summed E-state index contributed by atoms with van der Waals surface area (Å²) in [6.45, 7) is 1.84. The van der Waals surface area contributed by atoms with Crippen LogP contribution in [-0.4, -0.2) is 4.98 Å². The van der Waals surface area contributed by atoms with Crippen molar-refractivity contribution in [2.24, 2.45) is 5.18 Å². The van der Waals surface area contributed by atoms with Gasteiger partial charge in [-0.2, -0.15) is 0 Å². The first-order chi connectivity index (χ1) is 6.81. The third-order valence-corrected chi connectivity index (χ3v) is 2.17. The minimum absolute atomic E-state index is 0.476. The number of hydrogen-bond donors (Lipinski definition) is 1. The van der Waals surface area contributed by atoms with Crippen LogP contribution in [0, 0.1) is 11.8 Å². The van der Waals surface area contributed by atoms with Crippen LogP contribution in [0.5, 0.6) is 0 Å². The molecule has 1 heterocycles. The first kappa shape index (κ1) is 8.69. The van der Waals surface area contributed by atoms with Crippen LogP contribution in [-0.2, 0) is 0 Å². The highest BCUT2D eigenvalue weighted by atomic mass is 16.3. The molecule has 70 valence electrons. The molecule has 0 spiro atoms. The van der Waals surface area contributed by atoms with Gasteiger partial charge in [-0.15, -0.1) is 4.91 Å². The summed E-state index contributed by atoms with van der Waals surface area (Å²) in [6, 6.07) is 11.6. The van der Waals surface area contributed by atoms with Crippen molar-refractivity contribution in [2.75, 3.05) is 0 Å². The van der Waals surface area contributed by atoms with E-state index >= 15 is 0 Å². The van der Waals surface area contributed by atoms with Crippen LogP contribution in [0.2, 0.25) is 0 Å². The second kappa shape index (κ2) is 3.46. The quantitative estimate of drug-likeness (QED) is 0.718. The molecule has 0 bridgehead atoms. The Morgan fingerprint density at radius 2 is 1.93 bits per heavy atom. The monoisotopic (exact) mass is 186 g/mol.